The second-order valence-electron chi connectivity index (χ2n) is 3.93. The molecule has 0 aliphatic rings. The molecule has 0 unspecified atom stereocenters. The Hall–Kier alpha value is -2.45. The van der Waals surface area contributed by atoms with Crippen LogP contribution < -0.4 is 4.90 Å². The Morgan fingerprint density at radius 2 is 2.05 bits per heavy atom. The van der Waals surface area contributed by atoms with Crippen LogP contribution in [0.5, 0.6) is 0 Å². The van der Waals surface area contributed by atoms with Gasteiger partial charge in [0.2, 0.25) is 0 Å². The first-order chi connectivity index (χ1) is 9.72. The van der Waals surface area contributed by atoms with E-state index in [1.807, 2.05) is 24.3 Å². The van der Waals surface area contributed by atoms with Gasteiger partial charge in [0.15, 0.2) is 0 Å². The molecule has 2 aromatic rings. The average Bonchev–Trinajstić information content (AvgIpc) is 2.48. The number of carbonyl (C=O) groups excluding carboxylic acids is 1. The van der Waals surface area contributed by atoms with Gasteiger partial charge < -0.3 is 4.90 Å². The van der Waals surface area contributed by atoms with E-state index >= 15 is 0 Å². The number of amides is 1. The summed E-state index contributed by atoms with van der Waals surface area (Å²) in [6.07, 6.45) is 2.95. The van der Waals surface area contributed by atoms with Gasteiger partial charge in [-0.25, -0.2) is 4.98 Å². The van der Waals surface area contributed by atoms with Gasteiger partial charge >= 0.3 is 0 Å². The fourth-order valence-corrected chi connectivity index (χ4v) is 1.85. The Labute approximate surface area is 121 Å². The zero-order valence-corrected chi connectivity index (χ0v) is 11.3. The predicted octanol–water partition coefficient (Wildman–Crippen LogP) is 2.69. The van der Waals surface area contributed by atoms with Gasteiger partial charge in [-0.3, -0.25) is 9.78 Å². The van der Waals surface area contributed by atoms with Crippen molar-refractivity contribution >= 4 is 23.2 Å². The molecule has 1 aromatic carbocycles. The third kappa shape index (κ3) is 3.31. The number of carbonyl (C=O) groups is 1. The molecule has 1 heterocycles. The molecular formula is C14H11ClN4O. The van der Waals surface area contributed by atoms with E-state index in [0.717, 1.165) is 0 Å². The lowest BCUT2D eigenvalue weighted by Gasteiger charge is -2.21. The number of halogens is 1. The first-order valence-corrected chi connectivity index (χ1v) is 6.31. The summed E-state index contributed by atoms with van der Waals surface area (Å²) in [4.78, 5) is 21.8. The summed E-state index contributed by atoms with van der Waals surface area (Å²) in [7, 11) is 0. The highest BCUT2D eigenvalue weighted by atomic mass is 35.5. The van der Waals surface area contributed by atoms with Crippen molar-refractivity contribution in [3.05, 3.63) is 53.6 Å². The monoisotopic (exact) mass is 286 g/mol. The van der Waals surface area contributed by atoms with E-state index in [2.05, 4.69) is 9.97 Å². The molecule has 0 saturated carbocycles. The summed E-state index contributed by atoms with van der Waals surface area (Å²) in [5, 5.41) is 8.88. The molecule has 0 radical (unpaired) electrons. The van der Waals surface area contributed by atoms with Crippen molar-refractivity contribution in [2.75, 3.05) is 11.4 Å². The minimum atomic E-state index is -0.332. The van der Waals surface area contributed by atoms with E-state index in [4.69, 9.17) is 16.9 Å². The first-order valence-electron chi connectivity index (χ1n) is 5.94. The van der Waals surface area contributed by atoms with E-state index in [9.17, 15) is 4.79 Å². The van der Waals surface area contributed by atoms with Crippen LogP contribution in [0.15, 0.2) is 42.7 Å². The van der Waals surface area contributed by atoms with Crippen molar-refractivity contribution in [3.63, 3.8) is 0 Å². The van der Waals surface area contributed by atoms with Crippen molar-refractivity contribution < 1.29 is 4.79 Å². The van der Waals surface area contributed by atoms with Crippen LogP contribution in [-0.4, -0.2) is 22.4 Å². The van der Waals surface area contributed by atoms with Gasteiger partial charge in [-0.1, -0.05) is 29.8 Å². The molecule has 0 atom stereocenters. The number of hydrogen-bond acceptors (Lipinski definition) is 4. The summed E-state index contributed by atoms with van der Waals surface area (Å²) >= 11 is 5.75. The molecule has 1 aromatic heterocycles. The highest BCUT2D eigenvalue weighted by Crippen LogP contribution is 2.16. The molecular weight excluding hydrogens is 276 g/mol. The number of anilines is 1. The normalized spacial score (nSPS) is 9.80. The van der Waals surface area contributed by atoms with Crippen LogP contribution in [0.3, 0.4) is 0 Å². The van der Waals surface area contributed by atoms with Gasteiger partial charge in [-0.15, -0.1) is 0 Å². The first kappa shape index (κ1) is 14.0. The second kappa shape index (κ2) is 6.64. The van der Waals surface area contributed by atoms with Crippen LogP contribution in [0.4, 0.5) is 5.69 Å². The smallest absolute Gasteiger partial charge is 0.278 e. The largest absolute Gasteiger partial charge is 0.306 e. The van der Waals surface area contributed by atoms with Crippen molar-refractivity contribution in [3.8, 4) is 6.07 Å². The lowest BCUT2D eigenvalue weighted by Crippen LogP contribution is -2.32. The van der Waals surface area contributed by atoms with Gasteiger partial charge in [0.1, 0.15) is 10.8 Å². The maximum Gasteiger partial charge on any atom is 0.278 e. The maximum absolute atomic E-state index is 12.5. The molecule has 0 N–H and O–H groups in total. The number of para-hydroxylation sites is 1. The minimum Gasteiger partial charge on any atom is -0.306 e. The minimum absolute atomic E-state index is 0.152. The lowest BCUT2D eigenvalue weighted by atomic mass is 10.2. The second-order valence-corrected chi connectivity index (χ2v) is 4.31. The van der Waals surface area contributed by atoms with Crippen LogP contribution in [-0.2, 0) is 0 Å². The molecule has 0 bridgehead atoms. The molecule has 6 heteroatoms. The third-order valence-electron chi connectivity index (χ3n) is 2.58. The molecule has 5 nitrogen and oxygen atoms in total. The van der Waals surface area contributed by atoms with Crippen molar-refractivity contribution in [1.82, 2.24) is 9.97 Å². The fourth-order valence-electron chi connectivity index (χ4n) is 1.70. The fraction of sp³-hybridized carbons (Fsp3) is 0.143. The molecule has 0 aliphatic carbocycles. The van der Waals surface area contributed by atoms with E-state index in [0.29, 0.717) is 5.69 Å². The summed E-state index contributed by atoms with van der Waals surface area (Å²) in [6.45, 7) is 0.285. The van der Waals surface area contributed by atoms with Gasteiger partial charge in [0, 0.05) is 12.2 Å². The number of benzene rings is 1. The molecule has 2 rings (SSSR count). The molecule has 0 saturated heterocycles. The zero-order valence-electron chi connectivity index (χ0n) is 10.5. The Balaban J connectivity index is 2.32. The Kier molecular flexibility index (Phi) is 4.64. The number of rotatable bonds is 4. The average molecular weight is 287 g/mol. The van der Waals surface area contributed by atoms with E-state index < -0.39 is 0 Å². The highest BCUT2D eigenvalue weighted by Gasteiger charge is 2.19. The van der Waals surface area contributed by atoms with E-state index in [1.165, 1.54) is 17.3 Å². The SMILES string of the molecule is N#CCCN(C(=O)c1cncc(Cl)n1)c1ccccc1. The van der Waals surface area contributed by atoms with Crippen LogP contribution in [0.2, 0.25) is 5.15 Å². The summed E-state index contributed by atoms with van der Waals surface area (Å²) in [5.74, 6) is -0.332. The number of aromatic nitrogens is 2. The van der Waals surface area contributed by atoms with E-state index in [-0.39, 0.29) is 29.7 Å². The highest BCUT2D eigenvalue weighted by molar-refractivity contribution is 6.29. The molecule has 100 valence electrons. The molecule has 0 aliphatic heterocycles. The molecule has 1 amide bonds. The lowest BCUT2D eigenvalue weighted by molar-refractivity contribution is 0.0982. The molecule has 0 fully saturated rings. The number of hydrogen-bond donors (Lipinski definition) is 0. The van der Waals surface area contributed by atoms with Gasteiger partial charge in [-0.05, 0) is 12.1 Å². The Morgan fingerprint density at radius 1 is 1.30 bits per heavy atom. The van der Waals surface area contributed by atoms with Crippen LogP contribution in [0, 0.1) is 11.3 Å². The Morgan fingerprint density at radius 3 is 2.70 bits per heavy atom. The molecule has 0 spiro atoms. The quantitative estimate of drug-likeness (QED) is 0.866. The standard InChI is InChI=1S/C14H11ClN4O/c15-13-10-17-9-12(18-13)14(20)19(8-4-7-16)11-5-2-1-3-6-11/h1-3,5-6,9-10H,4,8H2. The van der Waals surface area contributed by atoms with Crippen LogP contribution >= 0.6 is 11.6 Å². The van der Waals surface area contributed by atoms with Gasteiger partial charge in [0.25, 0.3) is 5.91 Å². The topological polar surface area (TPSA) is 69.9 Å². The van der Waals surface area contributed by atoms with Crippen LogP contribution in [0.25, 0.3) is 0 Å². The van der Waals surface area contributed by atoms with Gasteiger partial charge in [-0.2, -0.15) is 5.26 Å². The van der Waals surface area contributed by atoms with Crippen molar-refractivity contribution in [1.29, 1.82) is 5.26 Å². The zero-order chi connectivity index (χ0) is 14.4. The summed E-state index contributed by atoms with van der Waals surface area (Å²) in [6, 6.07) is 11.1. The number of nitriles is 1. The van der Waals surface area contributed by atoms with Crippen LogP contribution in [0.1, 0.15) is 16.9 Å². The van der Waals surface area contributed by atoms with E-state index in [1.54, 1.807) is 12.1 Å². The maximum atomic E-state index is 12.5. The van der Waals surface area contributed by atoms with Gasteiger partial charge in [0.05, 0.1) is 24.9 Å². The summed E-state index contributed by atoms with van der Waals surface area (Å²) in [5.41, 5.74) is 0.855. The molecule has 20 heavy (non-hydrogen) atoms. The predicted molar refractivity (Wildman–Crippen MR) is 75.4 cm³/mol. The Bertz CT molecular complexity index is 639. The number of nitrogens with zero attached hydrogens (tertiary/aromatic N) is 4. The van der Waals surface area contributed by atoms with Crippen molar-refractivity contribution in [2.45, 2.75) is 6.42 Å². The summed E-state index contributed by atoms with van der Waals surface area (Å²) < 4.78 is 0. The van der Waals surface area contributed by atoms with Crippen molar-refractivity contribution in [2.24, 2.45) is 0 Å². The third-order valence-corrected chi connectivity index (χ3v) is 2.77.